The minimum Gasteiger partial charge on any atom is -0.497 e. The normalized spacial score (nSPS) is 13.6. The molecule has 1 fully saturated rings. The maximum Gasteiger partial charge on any atom is 0.255 e. The number of aromatic nitrogens is 3. The first kappa shape index (κ1) is 18.3. The van der Waals surface area contributed by atoms with E-state index in [4.69, 9.17) is 9.47 Å². The second-order valence-corrected chi connectivity index (χ2v) is 7.15. The van der Waals surface area contributed by atoms with E-state index in [9.17, 15) is 4.79 Å². The van der Waals surface area contributed by atoms with Crippen LogP contribution in [-0.2, 0) is 13.6 Å². The monoisotopic (exact) mass is 380 g/mol. The fraction of sp³-hybridized carbons (Fsp3) is 0.381. The van der Waals surface area contributed by atoms with Gasteiger partial charge >= 0.3 is 0 Å². The van der Waals surface area contributed by atoms with Gasteiger partial charge in [-0.05, 0) is 44.0 Å². The van der Waals surface area contributed by atoms with E-state index in [-0.39, 0.29) is 11.9 Å². The van der Waals surface area contributed by atoms with Gasteiger partial charge in [0, 0.05) is 30.2 Å². The smallest absolute Gasteiger partial charge is 0.255 e. The molecule has 7 nitrogen and oxygen atoms in total. The molecular formula is C21H24N4O3. The van der Waals surface area contributed by atoms with E-state index < -0.39 is 0 Å². The molecule has 146 valence electrons. The molecular weight excluding hydrogens is 356 g/mol. The lowest BCUT2D eigenvalue weighted by Crippen LogP contribution is -2.32. The zero-order valence-electron chi connectivity index (χ0n) is 16.6. The van der Waals surface area contributed by atoms with Gasteiger partial charge in [0.2, 0.25) is 0 Å². The topological polar surface area (TPSA) is 69.5 Å². The molecule has 1 aromatic carbocycles. The Labute approximate surface area is 163 Å². The van der Waals surface area contributed by atoms with Crippen LogP contribution in [0, 0.1) is 6.92 Å². The molecule has 2 heterocycles. The second-order valence-electron chi connectivity index (χ2n) is 7.15. The third-order valence-electron chi connectivity index (χ3n) is 5.19. The third kappa shape index (κ3) is 3.28. The molecule has 4 rings (SSSR count). The molecule has 0 saturated heterocycles. The summed E-state index contributed by atoms with van der Waals surface area (Å²) in [4.78, 5) is 19.7. The minimum atomic E-state index is -0.0231. The Morgan fingerprint density at radius 1 is 1.25 bits per heavy atom. The van der Waals surface area contributed by atoms with Crippen LogP contribution in [0.3, 0.4) is 0 Å². The summed E-state index contributed by atoms with van der Waals surface area (Å²) in [6.07, 6.45) is 3.67. The molecule has 0 N–H and O–H groups in total. The summed E-state index contributed by atoms with van der Waals surface area (Å²) >= 11 is 0. The number of hydrogen-bond acceptors (Lipinski definition) is 5. The number of hydrogen-bond donors (Lipinski definition) is 0. The maximum absolute atomic E-state index is 13.3. The van der Waals surface area contributed by atoms with Crippen molar-refractivity contribution in [3.05, 3.63) is 47.3 Å². The predicted molar refractivity (Wildman–Crippen MR) is 106 cm³/mol. The number of benzene rings is 1. The molecule has 1 saturated carbocycles. The van der Waals surface area contributed by atoms with Crippen molar-refractivity contribution in [2.45, 2.75) is 32.4 Å². The summed E-state index contributed by atoms with van der Waals surface area (Å²) in [7, 11) is 5.12. The molecule has 0 spiro atoms. The predicted octanol–water partition coefficient (Wildman–Crippen LogP) is 3.10. The Morgan fingerprint density at radius 2 is 2.04 bits per heavy atom. The van der Waals surface area contributed by atoms with Crippen LogP contribution in [-0.4, -0.2) is 45.8 Å². The van der Waals surface area contributed by atoms with Crippen LogP contribution in [0.25, 0.3) is 11.0 Å². The number of amides is 1. The molecule has 28 heavy (non-hydrogen) atoms. The minimum absolute atomic E-state index is 0.0231. The molecule has 0 aliphatic heterocycles. The molecule has 1 amide bonds. The Kier molecular flexibility index (Phi) is 4.66. The fourth-order valence-electron chi connectivity index (χ4n) is 3.53. The van der Waals surface area contributed by atoms with E-state index in [2.05, 4.69) is 10.1 Å². The van der Waals surface area contributed by atoms with Crippen molar-refractivity contribution >= 4 is 16.9 Å². The summed E-state index contributed by atoms with van der Waals surface area (Å²) in [6.45, 7) is 2.39. The van der Waals surface area contributed by atoms with Gasteiger partial charge < -0.3 is 14.4 Å². The van der Waals surface area contributed by atoms with Gasteiger partial charge in [-0.2, -0.15) is 5.10 Å². The highest BCUT2D eigenvalue weighted by Gasteiger charge is 2.34. The van der Waals surface area contributed by atoms with Gasteiger partial charge in [0.05, 0.1) is 32.0 Å². The number of carbonyl (C=O) groups is 1. The Bertz CT molecular complexity index is 1040. The first-order valence-corrected chi connectivity index (χ1v) is 9.33. The first-order valence-electron chi connectivity index (χ1n) is 9.33. The van der Waals surface area contributed by atoms with Crippen molar-refractivity contribution in [2.24, 2.45) is 7.05 Å². The van der Waals surface area contributed by atoms with E-state index >= 15 is 0 Å². The largest absolute Gasteiger partial charge is 0.497 e. The number of nitrogens with zero attached hydrogens (tertiary/aromatic N) is 4. The number of methoxy groups -OCH3 is 2. The van der Waals surface area contributed by atoms with Gasteiger partial charge in [-0.3, -0.25) is 9.48 Å². The van der Waals surface area contributed by atoms with Crippen molar-refractivity contribution < 1.29 is 14.3 Å². The van der Waals surface area contributed by atoms with Crippen molar-refractivity contribution in [3.63, 3.8) is 0 Å². The van der Waals surface area contributed by atoms with E-state index in [0.29, 0.717) is 12.1 Å². The van der Waals surface area contributed by atoms with Crippen LogP contribution in [0.4, 0.5) is 0 Å². The molecule has 0 bridgehead atoms. The van der Waals surface area contributed by atoms with E-state index in [1.807, 2.05) is 43.1 Å². The zero-order valence-corrected chi connectivity index (χ0v) is 16.6. The molecule has 1 aliphatic carbocycles. The Balaban J connectivity index is 1.67. The van der Waals surface area contributed by atoms with E-state index in [1.165, 1.54) is 0 Å². The number of fused-ring (bicyclic) bond motifs is 1. The molecule has 0 unspecified atom stereocenters. The van der Waals surface area contributed by atoms with Gasteiger partial charge in [-0.1, -0.05) is 0 Å². The number of carbonyl (C=O) groups excluding carboxylic acids is 1. The number of aryl methyl sites for hydroxylation is 2. The van der Waals surface area contributed by atoms with Crippen LogP contribution in [0.15, 0.2) is 30.5 Å². The highest BCUT2D eigenvalue weighted by molar-refractivity contribution is 5.97. The summed E-state index contributed by atoms with van der Waals surface area (Å²) < 4.78 is 12.6. The third-order valence-corrected chi connectivity index (χ3v) is 5.19. The van der Waals surface area contributed by atoms with Crippen molar-refractivity contribution in [3.8, 4) is 11.5 Å². The molecule has 1 aliphatic rings. The van der Waals surface area contributed by atoms with E-state index in [1.54, 1.807) is 25.1 Å². The zero-order chi connectivity index (χ0) is 19.8. The number of ether oxygens (including phenoxy) is 2. The van der Waals surface area contributed by atoms with Crippen LogP contribution in [0.1, 0.15) is 34.5 Å². The second kappa shape index (κ2) is 7.14. The fourth-order valence-corrected chi connectivity index (χ4v) is 3.53. The van der Waals surface area contributed by atoms with Crippen molar-refractivity contribution in [1.29, 1.82) is 0 Å². The lowest BCUT2D eigenvalue weighted by molar-refractivity contribution is 0.0728. The molecule has 3 aromatic rings. The average molecular weight is 380 g/mol. The number of rotatable bonds is 6. The highest BCUT2D eigenvalue weighted by Crippen LogP contribution is 2.33. The van der Waals surface area contributed by atoms with Gasteiger partial charge in [0.1, 0.15) is 11.5 Å². The van der Waals surface area contributed by atoms with Crippen LogP contribution < -0.4 is 9.47 Å². The van der Waals surface area contributed by atoms with Gasteiger partial charge in [0.15, 0.2) is 5.65 Å². The summed E-state index contributed by atoms with van der Waals surface area (Å²) in [5, 5.41) is 5.30. The lowest BCUT2D eigenvalue weighted by Gasteiger charge is -2.24. The van der Waals surface area contributed by atoms with Crippen molar-refractivity contribution in [2.75, 3.05) is 14.2 Å². The molecule has 7 heteroatoms. The SMILES string of the molecule is COc1ccc(OC)c(CN(C(=O)c2cnc3c(c2)c(C)nn3C)C2CC2)c1. The molecule has 0 radical (unpaired) electrons. The van der Waals surface area contributed by atoms with Crippen LogP contribution in [0.5, 0.6) is 11.5 Å². The average Bonchev–Trinajstić information content (AvgIpc) is 3.51. The maximum atomic E-state index is 13.3. The lowest BCUT2D eigenvalue weighted by atomic mass is 10.1. The molecule has 2 aromatic heterocycles. The number of pyridine rings is 1. The molecule has 0 atom stereocenters. The van der Waals surface area contributed by atoms with Crippen LogP contribution in [0.2, 0.25) is 0 Å². The Morgan fingerprint density at radius 3 is 2.71 bits per heavy atom. The summed E-state index contributed by atoms with van der Waals surface area (Å²) in [5.41, 5.74) is 3.15. The standard InChI is InChI=1S/C21H24N4O3/c1-13-18-10-14(11-22-20(18)24(2)23-13)21(26)25(16-5-6-16)12-15-9-17(27-3)7-8-19(15)28-4/h7-11,16H,5-6,12H2,1-4H3. The Hall–Kier alpha value is -3.09. The van der Waals surface area contributed by atoms with Gasteiger partial charge in [0.25, 0.3) is 5.91 Å². The van der Waals surface area contributed by atoms with Gasteiger partial charge in [-0.25, -0.2) is 4.98 Å². The quantitative estimate of drug-likeness (QED) is 0.657. The summed E-state index contributed by atoms with van der Waals surface area (Å²) in [6, 6.07) is 7.79. The highest BCUT2D eigenvalue weighted by atomic mass is 16.5. The van der Waals surface area contributed by atoms with Crippen LogP contribution >= 0.6 is 0 Å². The van der Waals surface area contributed by atoms with Crippen molar-refractivity contribution in [1.82, 2.24) is 19.7 Å². The first-order chi connectivity index (χ1) is 13.5. The van der Waals surface area contributed by atoms with Gasteiger partial charge in [-0.15, -0.1) is 0 Å². The summed E-state index contributed by atoms with van der Waals surface area (Å²) in [5.74, 6) is 1.47. The van der Waals surface area contributed by atoms with E-state index in [0.717, 1.165) is 46.6 Å².